The van der Waals surface area contributed by atoms with Crippen LogP contribution in [-0.4, -0.2) is 34.8 Å². The van der Waals surface area contributed by atoms with E-state index in [0.29, 0.717) is 12.1 Å². The number of imidazole rings is 1. The van der Waals surface area contributed by atoms with E-state index < -0.39 is 0 Å². The first-order chi connectivity index (χ1) is 7.38. The van der Waals surface area contributed by atoms with E-state index in [1.54, 1.807) is 0 Å². The van der Waals surface area contributed by atoms with Crippen molar-refractivity contribution in [1.29, 1.82) is 0 Å². The Morgan fingerprint density at radius 3 is 3.07 bits per heavy atom. The van der Waals surface area contributed by atoms with E-state index in [2.05, 4.69) is 21.8 Å². The van der Waals surface area contributed by atoms with Crippen molar-refractivity contribution in [3.8, 4) is 0 Å². The van der Waals surface area contributed by atoms with Gasteiger partial charge in [0.15, 0.2) is 0 Å². The fourth-order valence-corrected chi connectivity index (χ4v) is 1.92. The van der Waals surface area contributed by atoms with E-state index in [4.69, 9.17) is 4.74 Å². The van der Waals surface area contributed by atoms with Gasteiger partial charge in [-0.05, 0) is 19.8 Å². The molecule has 1 aromatic heterocycles. The molecule has 0 aromatic carbocycles. The standard InChI is InChI=1S/C11H19N3O/c1-2-15-11-7-10(8-11)13-4-6-14-5-3-12-9-14/h3,5,9-11,13H,2,4,6-8H2,1H3. The zero-order valence-electron chi connectivity index (χ0n) is 9.22. The Labute approximate surface area is 90.6 Å². The predicted octanol–water partition coefficient (Wildman–Crippen LogP) is 1.04. The van der Waals surface area contributed by atoms with Gasteiger partial charge in [0, 0.05) is 38.1 Å². The Balaban J connectivity index is 1.53. The van der Waals surface area contributed by atoms with Crippen molar-refractivity contribution in [2.75, 3.05) is 13.2 Å². The molecule has 0 saturated heterocycles. The normalized spacial score (nSPS) is 25.1. The van der Waals surface area contributed by atoms with Gasteiger partial charge in [-0.25, -0.2) is 4.98 Å². The van der Waals surface area contributed by atoms with Gasteiger partial charge in [0.1, 0.15) is 0 Å². The van der Waals surface area contributed by atoms with Gasteiger partial charge in [-0.1, -0.05) is 0 Å². The first-order valence-electron chi connectivity index (χ1n) is 5.69. The number of ether oxygens (including phenoxy) is 1. The van der Waals surface area contributed by atoms with Crippen LogP contribution in [-0.2, 0) is 11.3 Å². The summed E-state index contributed by atoms with van der Waals surface area (Å²) in [5, 5.41) is 3.52. The van der Waals surface area contributed by atoms with Gasteiger partial charge in [-0.3, -0.25) is 0 Å². The van der Waals surface area contributed by atoms with Crippen LogP contribution >= 0.6 is 0 Å². The maximum absolute atomic E-state index is 5.51. The SMILES string of the molecule is CCOC1CC(NCCn2ccnc2)C1. The summed E-state index contributed by atoms with van der Waals surface area (Å²) in [5.41, 5.74) is 0. The Morgan fingerprint density at radius 2 is 2.40 bits per heavy atom. The second-order valence-corrected chi connectivity index (χ2v) is 4.00. The molecular weight excluding hydrogens is 190 g/mol. The van der Waals surface area contributed by atoms with E-state index in [9.17, 15) is 0 Å². The van der Waals surface area contributed by atoms with Crippen molar-refractivity contribution < 1.29 is 4.74 Å². The number of hydrogen-bond acceptors (Lipinski definition) is 3. The zero-order chi connectivity index (χ0) is 10.5. The van der Waals surface area contributed by atoms with E-state index in [-0.39, 0.29) is 0 Å². The summed E-state index contributed by atoms with van der Waals surface area (Å²) in [5.74, 6) is 0. The topological polar surface area (TPSA) is 39.1 Å². The van der Waals surface area contributed by atoms with Gasteiger partial charge < -0.3 is 14.6 Å². The highest BCUT2D eigenvalue weighted by Crippen LogP contribution is 2.22. The minimum Gasteiger partial charge on any atom is -0.378 e. The zero-order valence-corrected chi connectivity index (χ0v) is 9.22. The lowest BCUT2D eigenvalue weighted by atomic mass is 9.89. The summed E-state index contributed by atoms with van der Waals surface area (Å²) >= 11 is 0. The molecule has 2 rings (SSSR count). The van der Waals surface area contributed by atoms with Crippen molar-refractivity contribution in [3.63, 3.8) is 0 Å². The number of nitrogens with zero attached hydrogens (tertiary/aromatic N) is 2. The average Bonchev–Trinajstić information content (AvgIpc) is 2.66. The third kappa shape index (κ3) is 3.04. The molecule has 0 bridgehead atoms. The van der Waals surface area contributed by atoms with Gasteiger partial charge >= 0.3 is 0 Å². The Kier molecular flexibility index (Phi) is 3.75. The Morgan fingerprint density at radius 1 is 1.53 bits per heavy atom. The molecule has 0 radical (unpaired) electrons. The first kappa shape index (κ1) is 10.6. The van der Waals surface area contributed by atoms with Crippen LogP contribution in [0.5, 0.6) is 0 Å². The van der Waals surface area contributed by atoms with Crippen LogP contribution in [0.1, 0.15) is 19.8 Å². The second-order valence-electron chi connectivity index (χ2n) is 4.00. The molecule has 4 heteroatoms. The van der Waals surface area contributed by atoms with E-state index >= 15 is 0 Å². The lowest BCUT2D eigenvalue weighted by molar-refractivity contribution is -0.00984. The summed E-state index contributed by atoms with van der Waals surface area (Å²) in [7, 11) is 0. The van der Waals surface area contributed by atoms with Gasteiger partial charge in [-0.15, -0.1) is 0 Å². The molecule has 0 atom stereocenters. The van der Waals surface area contributed by atoms with Crippen molar-refractivity contribution >= 4 is 0 Å². The molecule has 0 amide bonds. The molecule has 0 unspecified atom stereocenters. The van der Waals surface area contributed by atoms with Crippen molar-refractivity contribution in [2.24, 2.45) is 0 Å². The third-order valence-corrected chi connectivity index (χ3v) is 2.86. The number of rotatable bonds is 6. The monoisotopic (exact) mass is 209 g/mol. The third-order valence-electron chi connectivity index (χ3n) is 2.86. The molecule has 0 spiro atoms. The minimum atomic E-state index is 0.501. The molecule has 1 aliphatic rings. The predicted molar refractivity (Wildman–Crippen MR) is 58.7 cm³/mol. The van der Waals surface area contributed by atoms with Gasteiger partial charge in [0.2, 0.25) is 0 Å². The van der Waals surface area contributed by atoms with Crippen molar-refractivity contribution in [2.45, 2.75) is 38.5 Å². The molecule has 1 aromatic rings. The van der Waals surface area contributed by atoms with Crippen molar-refractivity contribution in [3.05, 3.63) is 18.7 Å². The van der Waals surface area contributed by atoms with Crippen LogP contribution in [0, 0.1) is 0 Å². The molecule has 1 saturated carbocycles. The molecule has 1 N–H and O–H groups in total. The highest BCUT2D eigenvalue weighted by Gasteiger charge is 2.28. The minimum absolute atomic E-state index is 0.501. The Hall–Kier alpha value is -0.870. The smallest absolute Gasteiger partial charge is 0.0946 e. The van der Waals surface area contributed by atoms with E-state index in [0.717, 1.165) is 32.5 Å². The van der Waals surface area contributed by atoms with Gasteiger partial charge in [-0.2, -0.15) is 0 Å². The maximum atomic E-state index is 5.51. The number of nitrogens with one attached hydrogen (secondary N) is 1. The lowest BCUT2D eigenvalue weighted by Gasteiger charge is -2.35. The quantitative estimate of drug-likeness (QED) is 0.761. The summed E-state index contributed by atoms with van der Waals surface area (Å²) in [4.78, 5) is 4.01. The summed E-state index contributed by atoms with van der Waals surface area (Å²) in [6.45, 7) is 4.90. The molecule has 4 nitrogen and oxygen atoms in total. The number of hydrogen-bond donors (Lipinski definition) is 1. The highest BCUT2D eigenvalue weighted by atomic mass is 16.5. The van der Waals surface area contributed by atoms with Crippen LogP contribution < -0.4 is 5.32 Å². The van der Waals surface area contributed by atoms with E-state index in [1.807, 2.05) is 18.7 Å². The van der Waals surface area contributed by atoms with Crippen LogP contribution in [0.2, 0.25) is 0 Å². The summed E-state index contributed by atoms with van der Waals surface area (Å²) in [6.07, 6.45) is 8.49. The molecule has 84 valence electrons. The van der Waals surface area contributed by atoms with Crippen LogP contribution in [0.25, 0.3) is 0 Å². The van der Waals surface area contributed by atoms with Crippen molar-refractivity contribution in [1.82, 2.24) is 14.9 Å². The molecular formula is C11H19N3O. The lowest BCUT2D eigenvalue weighted by Crippen LogP contribution is -2.46. The fraction of sp³-hybridized carbons (Fsp3) is 0.727. The largest absolute Gasteiger partial charge is 0.378 e. The van der Waals surface area contributed by atoms with Crippen LogP contribution in [0.3, 0.4) is 0 Å². The first-order valence-corrected chi connectivity index (χ1v) is 5.69. The molecule has 1 heterocycles. The fourth-order valence-electron chi connectivity index (χ4n) is 1.92. The molecule has 1 fully saturated rings. The Bertz CT molecular complexity index is 267. The summed E-state index contributed by atoms with van der Waals surface area (Å²) < 4.78 is 7.59. The second kappa shape index (κ2) is 5.28. The maximum Gasteiger partial charge on any atom is 0.0946 e. The molecule has 1 aliphatic carbocycles. The molecule has 0 aliphatic heterocycles. The highest BCUT2D eigenvalue weighted by molar-refractivity contribution is 4.86. The van der Waals surface area contributed by atoms with Gasteiger partial charge in [0.05, 0.1) is 12.4 Å². The average molecular weight is 209 g/mol. The number of aromatic nitrogens is 2. The van der Waals surface area contributed by atoms with Gasteiger partial charge in [0.25, 0.3) is 0 Å². The van der Waals surface area contributed by atoms with Crippen LogP contribution in [0.15, 0.2) is 18.7 Å². The molecule has 15 heavy (non-hydrogen) atoms. The van der Waals surface area contributed by atoms with E-state index in [1.165, 1.54) is 0 Å². The summed E-state index contributed by atoms with van der Waals surface area (Å²) in [6, 6.07) is 0.657. The van der Waals surface area contributed by atoms with Crippen LogP contribution in [0.4, 0.5) is 0 Å².